The van der Waals surface area contributed by atoms with Crippen LogP contribution in [0, 0.1) is 5.92 Å². The molecule has 1 aliphatic heterocycles. The van der Waals surface area contributed by atoms with Gasteiger partial charge in [0.2, 0.25) is 10.0 Å². The van der Waals surface area contributed by atoms with Crippen molar-refractivity contribution >= 4 is 15.9 Å². The molecule has 1 heterocycles. The molecule has 0 saturated carbocycles. The molecule has 220 valence electrons. The zero-order valence-electron chi connectivity index (χ0n) is 23.3. The van der Waals surface area contributed by atoms with E-state index in [4.69, 9.17) is 15.2 Å². The molecule has 0 bridgehead atoms. The third-order valence-corrected chi connectivity index (χ3v) is 8.93. The lowest BCUT2D eigenvalue weighted by molar-refractivity contribution is 0.0768. The van der Waals surface area contributed by atoms with E-state index in [1.165, 1.54) is 16.4 Å². The van der Waals surface area contributed by atoms with E-state index >= 15 is 0 Å². The Kier molecular flexibility index (Phi) is 10.9. The summed E-state index contributed by atoms with van der Waals surface area (Å²) in [6.45, 7) is 3.10. The van der Waals surface area contributed by atoms with Gasteiger partial charge >= 0.3 is 0 Å². The third kappa shape index (κ3) is 8.37. The first kappa shape index (κ1) is 30.7. The summed E-state index contributed by atoms with van der Waals surface area (Å²) >= 11 is 0. The summed E-state index contributed by atoms with van der Waals surface area (Å²) in [5.74, 6) is -0.141. The summed E-state index contributed by atoms with van der Waals surface area (Å²) in [5, 5.41) is 14.5. The maximum absolute atomic E-state index is 13.6. The fraction of sp³-hybridized carbons (Fsp3) is 0.387. The van der Waals surface area contributed by atoms with Gasteiger partial charge in [-0.1, -0.05) is 67.6 Å². The van der Waals surface area contributed by atoms with Gasteiger partial charge in [-0.3, -0.25) is 4.79 Å². The molecule has 1 unspecified atom stereocenters. The van der Waals surface area contributed by atoms with Crippen molar-refractivity contribution < 1.29 is 27.8 Å². The quantitative estimate of drug-likeness (QED) is 0.267. The van der Waals surface area contributed by atoms with Crippen molar-refractivity contribution in [2.24, 2.45) is 11.7 Å². The number of hydrogen-bond acceptors (Lipinski definition) is 7. The van der Waals surface area contributed by atoms with Gasteiger partial charge in [-0.05, 0) is 48.7 Å². The van der Waals surface area contributed by atoms with Crippen LogP contribution in [-0.2, 0) is 21.2 Å². The molecule has 1 saturated heterocycles. The van der Waals surface area contributed by atoms with Crippen LogP contribution in [0.4, 0.5) is 0 Å². The molecule has 3 aromatic carbocycles. The molecular formula is C31H39N3O6S. The number of hydrogen-bond donors (Lipinski definition) is 3. The highest BCUT2D eigenvalue weighted by atomic mass is 32.2. The number of carbonyl (C=O) groups is 1. The molecular weight excluding hydrogens is 542 g/mol. The van der Waals surface area contributed by atoms with Crippen LogP contribution < -0.4 is 15.8 Å². The maximum atomic E-state index is 13.6. The van der Waals surface area contributed by atoms with E-state index in [-0.39, 0.29) is 36.6 Å². The lowest BCUT2D eigenvalue weighted by Gasteiger charge is -2.31. The van der Waals surface area contributed by atoms with Crippen LogP contribution in [0.3, 0.4) is 0 Å². The van der Waals surface area contributed by atoms with Gasteiger partial charge in [0, 0.05) is 19.5 Å². The Hall–Kier alpha value is -3.28. The Morgan fingerprint density at radius 1 is 1.05 bits per heavy atom. The molecule has 4 atom stereocenters. The second kappa shape index (κ2) is 14.6. The highest BCUT2D eigenvalue weighted by Crippen LogP contribution is 2.23. The summed E-state index contributed by atoms with van der Waals surface area (Å²) < 4.78 is 39.9. The topological polar surface area (TPSA) is 131 Å². The third-order valence-electron chi connectivity index (χ3n) is 7.08. The van der Waals surface area contributed by atoms with Crippen LogP contribution in [0.25, 0.3) is 0 Å². The molecule has 3 aromatic rings. The summed E-state index contributed by atoms with van der Waals surface area (Å²) in [7, 11) is -3.94. The summed E-state index contributed by atoms with van der Waals surface area (Å²) in [5.41, 5.74) is 7.05. The standard InChI is InChI=1S/C31H39N3O6S/c1-23(19-32)20-34(41(37,38)26-12-6-3-7-13-26)21-29(35)28(18-24-10-4-2-5-11-24)33-31(36)27-14-8-9-15-30(27)40-25-16-17-39-22-25/h2-15,23,25,28-29,35H,16-22,32H2,1H3,(H,33,36)/t23?,25-,28-,29+/m0/s1. The second-order valence-electron chi connectivity index (χ2n) is 10.4. The highest BCUT2D eigenvalue weighted by molar-refractivity contribution is 7.89. The van der Waals surface area contributed by atoms with Crippen molar-refractivity contribution in [2.45, 2.75) is 42.9 Å². The predicted octanol–water partition coefficient (Wildman–Crippen LogP) is 2.84. The Balaban J connectivity index is 1.59. The second-order valence-corrected chi connectivity index (χ2v) is 12.4. The highest BCUT2D eigenvalue weighted by Gasteiger charge is 2.32. The smallest absolute Gasteiger partial charge is 0.255 e. The van der Waals surface area contributed by atoms with E-state index in [0.717, 1.165) is 12.0 Å². The number of nitrogens with zero attached hydrogens (tertiary/aromatic N) is 1. The van der Waals surface area contributed by atoms with Crippen LogP contribution in [0.1, 0.15) is 29.3 Å². The lowest BCUT2D eigenvalue weighted by Crippen LogP contribution is -2.51. The first-order valence-electron chi connectivity index (χ1n) is 13.9. The van der Waals surface area contributed by atoms with Gasteiger partial charge < -0.3 is 25.6 Å². The lowest BCUT2D eigenvalue weighted by atomic mass is 10.00. The van der Waals surface area contributed by atoms with Crippen molar-refractivity contribution in [3.05, 3.63) is 96.1 Å². The van der Waals surface area contributed by atoms with Crippen LogP contribution in [0.15, 0.2) is 89.8 Å². The zero-order valence-corrected chi connectivity index (χ0v) is 24.1. The molecule has 0 aromatic heterocycles. The normalized spacial score (nSPS) is 17.6. The number of amides is 1. The Morgan fingerprint density at radius 2 is 1.71 bits per heavy atom. The van der Waals surface area contributed by atoms with Gasteiger partial charge in [0.05, 0.1) is 35.8 Å². The summed E-state index contributed by atoms with van der Waals surface area (Å²) in [6.07, 6.45) is -0.341. The number of sulfonamides is 1. The minimum absolute atomic E-state index is 0.122. The predicted molar refractivity (Wildman–Crippen MR) is 157 cm³/mol. The monoisotopic (exact) mass is 581 g/mol. The number of aliphatic hydroxyl groups excluding tert-OH is 1. The van der Waals surface area contributed by atoms with Gasteiger partial charge in [0.25, 0.3) is 5.91 Å². The molecule has 9 nitrogen and oxygen atoms in total. The number of para-hydroxylation sites is 1. The maximum Gasteiger partial charge on any atom is 0.255 e. The average molecular weight is 582 g/mol. The van der Waals surface area contributed by atoms with Crippen molar-refractivity contribution in [2.75, 3.05) is 32.8 Å². The van der Waals surface area contributed by atoms with Gasteiger partial charge in [-0.15, -0.1) is 0 Å². The molecule has 1 amide bonds. The zero-order chi connectivity index (χ0) is 29.2. The van der Waals surface area contributed by atoms with Crippen LogP contribution in [0.5, 0.6) is 5.75 Å². The molecule has 1 fully saturated rings. The van der Waals surface area contributed by atoms with E-state index in [0.29, 0.717) is 30.9 Å². The number of rotatable bonds is 14. The van der Waals surface area contributed by atoms with Crippen molar-refractivity contribution in [1.82, 2.24) is 9.62 Å². The van der Waals surface area contributed by atoms with Crippen molar-refractivity contribution in [1.29, 1.82) is 0 Å². The molecule has 4 N–H and O–H groups in total. The minimum atomic E-state index is -3.94. The fourth-order valence-corrected chi connectivity index (χ4v) is 6.31. The van der Waals surface area contributed by atoms with Crippen LogP contribution in [0.2, 0.25) is 0 Å². The molecule has 0 spiro atoms. The Bertz CT molecular complexity index is 1350. The van der Waals surface area contributed by atoms with E-state index in [1.54, 1.807) is 42.5 Å². The number of carbonyl (C=O) groups excluding carboxylic acids is 1. The largest absolute Gasteiger partial charge is 0.487 e. The van der Waals surface area contributed by atoms with Gasteiger partial charge in [0.15, 0.2) is 0 Å². The molecule has 0 aliphatic carbocycles. The first-order chi connectivity index (χ1) is 19.8. The fourth-order valence-electron chi connectivity index (χ4n) is 4.71. The molecule has 41 heavy (non-hydrogen) atoms. The van der Waals surface area contributed by atoms with Gasteiger partial charge in [-0.2, -0.15) is 4.31 Å². The SMILES string of the molecule is CC(CN)CN(C[C@@H](O)[C@H](Cc1ccccc1)NC(=O)c1ccccc1O[C@H]1CCOC1)S(=O)(=O)c1ccccc1. The average Bonchev–Trinajstić information content (AvgIpc) is 3.50. The Labute approximate surface area is 242 Å². The number of ether oxygens (including phenoxy) is 2. The van der Waals surface area contributed by atoms with Gasteiger partial charge in [-0.25, -0.2) is 8.42 Å². The van der Waals surface area contributed by atoms with Crippen LogP contribution in [-0.4, -0.2) is 74.8 Å². The number of nitrogens with one attached hydrogen (secondary N) is 1. The van der Waals surface area contributed by atoms with E-state index in [9.17, 15) is 18.3 Å². The minimum Gasteiger partial charge on any atom is -0.487 e. The van der Waals surface area contributed by atoms with Crippen molar-refractivity contribution in [3.63, 3.8) is 0 Å². The van der Waals surface area contributed by atoms with E-state index < -0.39 is 28.1 Å². The first-order valence-corrected chi connectivity index (χ1v) is 15.3. The molecule has 10 heteroatoms. The molecule has 0 radical (unpaired) electrons. The van der Waals surface area contributed by atoms with Crippen LogP contribution >= 0.6 is 0 Å². The molecule has 1 aliphatic rings. The number of benzene rings is 3. The van der Waals surface area contributed by atoms with Crippen molar-refractivity contribution in [3.8, 4) is 5.75 Å². The van der Waals surface area contributed by atoms with Gasteiger partial charge in [0.1, 0.15) is 11.9 Å². The summed E-state index contributed by atoms with van der Waals surface area (Å²) in [4.78, 5) is 13.7. The van der Waals surface area contributed by atoms with E-state index in [2.05, 4.69) is 5.32 Å². The van der Waals surface area contributed by atoms with E-state index in [1.807, 2.05) is 37.3 Å². The number of nitrogens with two attached hydrogens (primary N) is 1. The number of aliphatic hydroxyl groups is 1. The Morgan fingerprint density at radius 3 is 2.37 bits per heavy atom. The molecule has 4 rings (SSSR count). The summed E-state index contributed by atoms with van der Waals surface area (Å²) in [6, 6.07) is 23.7.